The maximum Gasteiger partial charge on any atom is 0.137 e. The van der Waals surface area contributed by atoms with Crippen molar-refractivity contribution in [1.29, 1.82) is 0 Å². The number of hydrogen-bond donors (Lipinski definition) is 1. The minimum Gasteiger partial charge on any atom is -0.306 e. The van der Waals surface area contributed by atoms with E-state index >= 15 is 0 Å². The summed E-state index contributed by atoms with van der Waals surface area (Å²) in [6.45, 7) is 4.31. The average Bonchev–Trinajstić information content (AvgIpc) is 2.43. The van der Waals surface area contributed by atoms with E-state index in [0.717, 1.165) is 11.1 Å². The van der Waals surface area contributed by atoms with Crippen molar-refractivity contribution in [2.24, 2.45) is 0 Å². The summed E-state index contributed by atoms with van der Waals surface area (Å²) in [6, 6.07) is 10.2. The first kappa shape index (κ1) is 15.1. The van der Waals surface area contributed by atoms with Crippen molar-refractivity contribution in [1.82, 2.24) is 5.32 Å². The molecule has 1 atom stereocenters. The van der Waals surface area contributed by atoms with Crippen LogP contribution in [0.5, 0.6) is 0 Å². The summed E-state index contributed by atoms with van der Waals surface area (Å²) in [5.41, 5.74) is 2.51. The van der Waals surface area contributed by atoms with Crippen molar-refractivity contribution >= 4 is 15.9 Å². The molecule has 0 fully saturated rings. The Bertz CT molecular complexity index is 613. The van der Waals surface area contributed by atoms with Gasteiger partial charge in [-0.1, -0.05) is 18.2 Å². The van der Waals surface area contributed by atoms with Crippen molar-refractivity contribution in [2.45, 2.75) is 26.4 Å². The van der Waals surface area contributed by atoms with Crippen LogP contribution in [-0.2, 0) is 6.54 Å². The smallest absolute Gasteiger partial charge is 0.137 e. The van der Waals surface area contributed by atoms with Gasteiger partial charge in [-0.2, -0.15) is 0 Å². The van der Waals surface area contributed by atoms with E-state index in [-0.39, 0.29) is 17.7 Å². The highest BCUT2D eigenvalue weighted by atomic mass is 79.9. The Morgan fingerprint density at radius 1 is 1.10 bits per heavy atom. The summed E-state index contributed by atoms with van der Waals surface area (Å²) in [6.07, 6.45) is 0. The number of nitrogens with one attached hydrogen (secondary N) is 1. The van der Waals surface area contributed by atoms with Crippen LogP contribution in [0, 0.1) is 18.6 Å². The molecule has 1 nitrogen and oxygen atoms in total. The molecule has 20 heavy (non-hydrogen) atoms. The van der Waals surface area contributed by atoms with Crippen LogP contribution in [-0.4, -0.2) is 0 Å². The van der Waals surface area contributed by atoms with Crippen LogP contribution in [0.25, 0.3) is 0 Å². The fourth-order valence-corrected chi connectivity index (χ4v) is 2.34. The van der Waals surface area contributed by atoms with Gasteiger partial charge >= 0.3 is 0 Å². The SMILES string of the molecule is Cc1ccc(C(C)NCc2ccc(F)c(Br)c2)cc1F. The monoisotopic (exact) mass is 339 g/mol. The highest BCUT2D eigenvalue weighted by molar-refractivity contribution is 9.10. The van der Waals surface area contributed by atoms with Crippen molar-refractivity contribution in [3.63, 3.8) is 0 Å². The lowest BCUT2D eigenvalue weighted by Crippen LogP contribution is -2.18. The van der Waals surface area contributed by atoms with Crippen LogP contribution in [0.15, 0.2) is 40.9 Å². The lowest BCUT2D eigenvalue weighted by Gasteiger charge is -2.15. The molecule has 0 saturated carbocycles. The van der Waals surface area contributed by atoms with Crippen LogP contribution in [0.3, 0.4) is 0 Å². The van der Waals surface area contributed by atoms with Gasteiger partial charge in [0, 0.05) is 12.6 Å². The molecular weight excluding hydrogens is 324 g/mol. The molecule has 1 N–H and O–H groups in total. The number of benzene rings is 2. The normalized spacial score (nSPS) is 12.4. The minimum atomic E-state index is -0.276. The molecule has 106 valence electrons. The zero-order chi connectivity index (χ0) is 14.7. The second-order valence-corrected chi connectivity index (χ2v) is 5.71. The molecule has 0 amide bonds. The predicted molar refractivity (Wildman–Crippen MR) is 80.5 cm³/mol. The van der Waals surface area contributed by atoms with Gasteiger partial charge in [0.2, 0.25) is 0 Å². The number of rotatable bonds is 4. The fraction of sp³-hybridized carbons (Fsp3) is 0.250. The van der Waals surface area contributed by atoms with E-state index in [1.54, 1.807) is 31.2 Å². The van der Waals surface area contributed by atoms with Gasteiger partial charge in [0.05, 0.1) is 4.47 Å². The van der Waals surface area contributed by atoms with Crippen LogP contribution in [0.4, 0.5) is 8.78 Å². The van der Waals surface area contributed by atoms with Crippen molar-refractivity contribution < 1.29 is 8.78 Å². The molecule has 2 aromatic carbocycles. The lowest BCUT2D eigenvalue weighted by molar-refractivity contribution is 0.561. The fourth-order valence-electron chi connectivity index (χ4n) is 1.92. The molecular formula is C16H16BrF2N. The Morgan fingerprint density at radius 2 is 1.85 bits per heavy atom. The first-order valence-corrected chi connectivity index (χ1v) is 7.20. The Morgan fingerprint density at radius 3 is 2.50 bits per heavy atom. The summed E-state index contributed by atoms with van der Waals surface area (Å²) >= 11 is 3.16. The summed E-state index contributed by atoms with van der Waals surface area (Å²) in [5, 5.41) is 3.30. The number of halogens is 3. The molecule has 1 unspecified atom stereocenters. The third-order valence-corrected chi connectivity index (χ3v) is 3.90. The summed E-state index contributed by atoms with van der Waals surface area (Å²) < 4.78 is 27.1. The van der Waals surface area contributed by atoms with E-state index < -0.39 is 0 Å². The molecule has 0 heterocycles. The Labute approximate surface area is 126 Å². The molecule has 2 aromatic rings. The van der Waals surface area contributed by atoms with Gasteiger partial charge in [0.15, 0.2) is 0 Å². The molecule has 0 aliphatic rings. The van der Waals surface area contributed by atoms with Gasteiger partial charge < -0.3 is 5.32 Å². The Kier molecular flexibility index (Phi) is 4.89. The first-order valence-electron chi connectivity index (χ1n) is 6.40. The van der Waals surface area contributed by atoms with E-state index in [2.05, 4.69) is 21.2 Å². The third-order valence-electron chi connectivity index (χ3n) is 3.29. The zero-order valence-electron chi connectivity index (χ0n) is 11.4. The van der Waals surface area contributed by atoms with Crippen LogP contribution < -0.4 is 5.32 Å². The first-order chi connectivity index (χ1) is 9.47. The molecule has 0 radical (unpaired) electrons. The van der Waals surface area contributed by atoms with Gasteiger partial charge in [-0.25, -0.2) is 8.78 Å². The zero-order valence-corrected chi connectivity index (χ0v) is 13.0. The Hall–Kier alpha value is -1.26. The molecule has 0 aliphatic heterocycles. The van der Waals surface area contributed by atoms with E-state index in [0.29, 0.717) is 16.6 Å². The van der Waals surface area contributed by atoms with Crippen LogP contribution in [0.1, 0.15) is 29.7 Å². The molecule has 0 aliphatic carbocycles. The molecule has 0 saturated heterocycles. The van der Waals surface area contributed by atoms with E-state index in [1.807, 2.05) is 13.0 Å². The highest BCUT2D eigenvalue weighted by Crippen LogP contribution is 2.19. The van der Waals surface area contributed by atoms with Gasteiger partial charge in [0.25, 0.3) is 0 Å². The number of hydrogen-bond acceptors (Lipinski definition) is 1. The lowest BCUT2D eigenvalue weighted by atomic mass is 10.1. The molecule has 0 spiro atoms. The van der Waals surface area contributed by atoms with Crippen molar-refractivity contribution in [2.75, 3.05) is 0 Å². The molecule has 4 heteroatoms. The van der Waals surface area contributed by atoms with Crippen LogP contribution in [0.2, 0.25) is 0 Å². The minimum absolute atomic E-state index is 0.0222. The van der Waals surface area contributed by atoms with E-state index in [9.17, 15) is 8.78 Å². The summed E-state index contributed by atoms with van der Waals surface area (Å²) in [4.78, 5) is 0. The maximum atomic E-state index is 13.5. The predicted octanol–water partition coefficient (Wildman–Crippen LogP) is 4.89. The quantitative estimate of drug-likeness (QED) is 0.836. The number of aryl methyl sites for hydroxylation is 1. The second kappa shape index (κ2) is 6.46. The molecule has 0 aromatic heterocycles. The van der Waals surface area contributed by atoms with E-state index in [1.165, 1.54) is 6.07 Å². The largest absolute Gasteiger partial charge is 0.306 e. The topological polar surface area (TPSA) is 12.0 Å². The standard InChI is InChI=1S/C16H16BrF2N/c1-10-3-5-13(8-16(10)19)11(2)20-9-12-4-6-15(18)14(17)7-12/h3-8,11,20H,9H2,1-2H3. The Balaban J connectivity index is 2.02. The molecule has 0 bridgehead atoms. The van der Waals surface area contributed by atoms with Crippen molar-refractivity contribution in [3.05, 3.63) is 69.2 Å². The second-order valence-electron chi connectivity index (χ2n) is 4.86. The third kappa shape index (κ3) is 3.64. The summed E-state index contributed by atoms with van der Waals surface area (Å²) in [5.74, 6) is -0.469. The van der Waals surface area contributed by atoms with Crippen LogP contribution >= 0.6 is 15.9 Å². The van der Waals surface area contributed by atoms with Gasteiger partial charge in [-0.15, -0.1) is 0 Å². The van der Waals surface area contributed by atoms with Gasteiger partial charge in [-0.05, 0) is 64.7 Å². The van der Waals surface area contributed by atoms with Gasteiger partial charge in [0.1, 0.15) is 11.6 Å². The highest BCUT2D eigenvalue weighted by Gasteiger charge is 2.08. The van der Waals surface area contributed by atoms with Crippen molar-refractivity contribution in [3.8, 4) is 0 Å². The van der Waals surface area contributed by atoms with E-state index in [4.69, 9.17) is 0 Å². The summed E-state index contributed by atoms with van der Waals surface area (Å²) in [7, 11) is 0. The van der Waals surface area contributed by atoms with Gasteiger partial charge in [-0.3, -0.25) is 0 Å². The molecule has 2 rings (SSSR count). The average molecular weight is 340 g/mol. The maximum absolute atomic E-state index is 13.5.